The summed E-state index contributed by atoms with van der Waals surface area (Å²) in [5.74, 6) is 0. The summed E-state index contributed by atoms with van der Waals surface area (Å²) in [5, 5.41) is 15.2. The highest BCUT2D eigenvalue weighted by Crippen LogP contribution is 2.15. The van der Waals surface area contributed by atoms with E-state index in [0.717, 1.165) is 37.9 Å². The molecule has 1 aliphatic heterocycles. The molecule has 2 atom stereocenters. The fraction of sp³-hybridized carbons (Fsp3) is 0.611. The van der Waals surface area contributed by atoms with Crippen LogP contribution in [0.2, 0.25) is 0 Å². The number of carbonyl (C=O) groups excluding carboxylic acids is 1. The number of ether oxygens (including phenoxy) is 1. The van der Waals surface area contributed by atoms with Crippen LogP contribution in [-0.4, -0.2) is 37.0 Å². The molecule has 5 nitrogen and oxygen atoms in total. The van der Waals surface area contributed by atoms with E-state index in [9.17, 15) is 9.90 Å². The van der Waals surface area contributed by atoms with Gasteiger partial charge in [-0.15, -0.1) is 0 Å². The smallest absolute Gasteiger partial charge is 0.315 e. The summed E-state index contributed by atoms with van der Waals surface area (Å²) in [6.07, 6.45) is 5.49. The summed E-state index contributed by atoms with van der Waals surface area (Å²) >= 11 is 0. The van der Waals surface area contributed by atoms with E-state index in [4.69, 9.17) is 4.74 Å². The van der Waals surface area contributed by atoms with Crippen molar-refractivity contribution in [3.8, 4) is 0 Å². The Morgan fingerprint density at radius 3 is 2.74 bits per heavy atom. The van der Waals surface area contributed by atoms with E-state index in [1.807, 2.05) is 24.3 Å². The molecule has 0 spiro atoms. The minimum absolute atomic E-state index is 0.120. The SMILES string of the molecule is CCc1ccc(C(CO)NC(=O)NCCC2CCCCO2)cc1. The molecule has 0 aromatic heterocycles. The number of hydrogen-bond donors (Lipinski definition) is 3. The minimum atomic E-state index is -0.383. The Labute approximate surface area is 138 Å². The average Bonchev–Trinajstić information content (AvgIpc) is 2.61. The summed E-state index contributed by atoms with van der Waals surface area (Å²) in [6.45, 7) is 3.39. The first kappa shape index (κ1) is 17.8. The fourth-order valence-electron chi connectivity index (χ4n) is 2.81. The van der Waals surface area contributed by atoms with Gasteiger partial charge in [-0.25, -0.2) is 4.79 Å². The third-order valence-corrected chi connectivity index (χ3v) is 4.30. The van der Waals surface area contributed by atoms with Crippen molar-refractivity contribution in [2.24, 2.45) is 0 Å². The second kappa shape index (κ2) is 9.53. The van der Waals surface area contributed by atoms with Crippen molar-refractivity contribution in [2.75, 3.05) is 19.8 Å². The van der Waals surface area contributed by atoms with Gasteiger partial charge in [0.05, 0.1) is 18.8 Å². The lowest BCUT2D eigenvalue weighted by Crippen LogP contribution is -2.40. The Bertz CT molecular complexity index is 470. The maximum absolute atomic E-state index is 12.0. The Kier molecular flexibility index (Phi) is 7.36. The van der Waals surface area contributed by atoms with Gasteiger partial charge in [0.25, 0.3) is 0 Å². The first-order valence-corrected chi connectivity index (χ1v) is 8.58. The highest BCUT2D eigenvalue weighted by molar-refractivity contribution is 5.74. The standard InChI is InChI=1S/C18H28N2O3/c1-2-14-6-8-15(9-7-14)17(13-21)20-18(22)19-11-10-16-5-3-4-12-23-16/h6-9,16-17,21H,2-5,10-13H2,1H3,(H2,19,20,22). The largest absolute Gasteiger partial charge is 0.394 e. The van der Waals surface area contributed by atoms with Crippen LogP contribution < -0.4 is 10.6 Å². The predicted molar refractivity (Wildman–Crippen MR) is 90.4 cm³/mol. The predicted octanol–water partition coefficient (Wildman–Crippen LogP) is 2.54. The molecule has 1 aromatic carbocycles. The second-order valence-corrected chi connectivity index (χ2v) is 6.01. The molecule has 128 valence electrons. The van der Waals surface area contributed by atoms with Gasteiger partial charge in [-0.05, 0) is 43.2 Å². The van der Waals surface area contributed by atoms with Gasteiger partial charge >= 0.3 is 6.03 Å². The summed E-state index contributed by atoms with van der Waals surface area (Å²) in [5.41, 5.74) is 2.15. The molecule has 0 aliphatic carbocycles. The zero-order valence-electron chi connectivity index (χ0n) is 13.9. The quantitative estimate of drug-likeness (QED) is 0.723. The molecular formula is C18H28N2O3. The lowest BCUT2D eigenvalue weighted by molar-refractivity contribution is 0.0119. The van der Waals surface area contributed by atoms with E-state index in [2.05, 4.69) is 17.6 Å². The van der Waals surface area contributed by atoms with E-state index in [1.165, 1.54) is 12.0 Å². The number of aliphatic hydroxyl groups excluding tert-OH is 1. The number of carbonyl (C=O) groups is 1. The molecule has 2 unspecified atom stereocenters. The maximum atomic E-state index is 12.0. The van der Waals surface area contributed by atoms with Gasteiger partial charge in [0.2, 0.25) is 0 Å². The van der Waals surface area contributed by atoms with Crippen molar-refractivity contribution in [1.82, 2.24) is 10.6 Å². The van der Waals surface area contributed by atoms with Gasteiger partial charge < -0.3 is 20.5 Å². The molecular weight excluding hydrogens is 292 g/mol. The Morgan fingerprint density at radius 2 is 2.13 bits per heavy atom. The topological polar surface area (TPSA) is 70.6 Å². The van der Waals surface area contributed by atoms with Crippen molar-refractivity contribution >= 4 is 6.03 Å². The van der Waals surface area contributed by atoms with E-state index >= 15 is 0 Å². The van der Waals surface area contributed by atoms with Gasteiger partial charge in [0.1, 0.15) is 0 Å². The third kappa shape index (κ3) is 5.84. The van der Waals surface area contributed by atoms with Crippen LogP contribution in [0.4, 0.5) is 4.79 Å². The second-order valence-electron chi connectivity index (χ2n) is 6.01. The molecule has 5 heteroatoms. The molecule has 1 saturated heterocycles. The van der Waals surface area contributed by atoms with E-state index < -0.39 is 0 Å². The van der Waals surface area contributed by atoms with Crippen LogP contribution in [0.15, 0.2) is 24.3 Å². The van der Waals surface area contributed by atoms with Crippen LogP contribution in [0, 0.1) is 0 Å². The number of rotatable bonds is 7. The van der Waals surface area contributed by atoms with Crippen molar-refractivity contribution in [3.05, 3.63) is 35.4 Å². The number of nitrogens with one attached hydrogen (secondary N) is 2. The van der Waals surface area contributed by atoms with Crippen LogP contribution in [0.1, 0.15) is 49.8 Å². The molecule has 0 saturated carbocycles. The molecule has 2 amide bonds. The highest BCUT2D eigenvalue weighted by atomic mass is 16.5. The molecule has 2 rings (SSSR count). The van der Waals surface area contributed by atoms with Crippen LogP contribution in [-0.2, 0) is 11.2 Å². The van der Waals surface area contributed by atoms with Crippen molar-refractivity contribution in [3.63, 3.8) is 0 Å². The Balaban J connectivity index is 1.74. The molecule has 1 heterocycles. The molecule has 1 aliphatic rings. The monoisotopic (exact) mass is 320 g/mol. The van der Waals surface area contributed by atoms with Gasteiger partial charge in [-0.2, -0.15) is 0 Å². The lowest BCUT2D eigenvalue weighted by Gasteiger charge is -2.23. The Hall–Kier alpha value is -1.59. The summed E-state index contributed by atoms with van der Waals surface area (Å²) in [6, 6.07) is 7.33. The van der Waals surface area contributed by atoms with Crippen LogP contribution >= 0.6 is 0 Å². The first-order valence-electron chi connectivity index (χ1n) is 8.58. The van der Waals surface area contributed by atoms with Crippen LogP contribution in [0.25, 0.3) is 0 Å². The molecule has 0 radical (unpaired) electrons. The molecule has 1 fully saturated rings. The van der Waals surface area contributed by atoms with Crippen molar-refractivity contribution in [1.29, 1.82) is 0 Å². The summed E-state index contributed by atoms with van der Waals surface area (Å²) in [7, 11) is 0. The van der Waals surface area contributed by atoms with E-state index in [-0.39, 0.29) is 24.8 Å². The van der Waals surface area contributed by atoms with E-state index in [1.54, 1.807) is 0 Å². The first-order chi connectivity index (χ1) is 11.2. The number of amides is 2. The third-order valence-electron chi connectivity index (χ3n) is 4.30. The normalized spacial score (nSPS) is 19.1. The highest BCUT2D eigenvalue weighted by Gasteiger charge is 2.16. The lowest BCUT2D eigenvalue weighted by atomic mass is 10.0. The number of aryl methyl sites for hydroxylation is 1. The zero-order valence-corrected chi connectivity index (χ0v) is 13.9. The number of hydrogen-bond acceptors (Lipinski definition) is 3. The van der Waals surface area contributed by atoms with Crippen LogP contribution in [0.5, 0.6) is 0 Å². The molecule has 0 bridgehead atoms. The van der Waals surface area contributed by atoms with Gasteiger partial charge in [0.15, 0.2) is 0 Å². The average molecular weight is 320 g/mol. The van der Waals surface area contributed by atoms with Crippen molar-refractivity contribution < 1.29 is 14.6 Å². The minimum Gasteiger partial charge on any atom is -0.394 e. The maximum Gasteiger partial charge on any atom is 0.315 e. The van der Waals surface area contributed by atoms with Gasteiger partial charge in [-0.3, -0.25) is 0 Å². The van der Waals surface area contributed by atoms with Crippen molar-refractivity contribution in [2.45, 2.75) is 51.2 Å². The summed E-state index contributed by atoms with van der Waals surface area (Å²) in [4.78, 5) is 12.0. The van der Waals surface area contributed by atoms with Crippen LogP contribution in [0.3, 0.4) is 0 Å². The van der Waals surface area contributed by atoms with E-state index in [0.29, 0.717) is 6.54 Å². The molecule has 1 aromatic rings. The molecule has 23 heavy (non-hydrogen) atoms. The number of urea groups is 1. The Morgan fingerprint density at radius 1 is 1.35 bits per heavy atom. The number of aliphatic hydroxyl groups is 1. The van der Waals surface area contributed by atoms with Gasteiger partial charge in [0, 0.05) is 13.2 Å². The van der Waals surface area contributed by atoms with Gasteiger partial charge in [-0.1, -0.05) is 31.2 Å². The fourth-order valence-corrected chi connectivity index (χ4v) is 2.81. The zero-order chi connectivity index (χ0) is 16.5. The molecule has 3 N–H and O–H groups in total. The number of benzene rings is 1. The summed E-state index contributed by atoms with van der Waals surface area (Å²) < 4.78 is 5.64.